The van der Waals surface area contributed by atoms with E-state index >= 15 is 0 Å². The largest absolute Gasteiger partial charge is 0.337 e. The van der Waals surface area contributed by atoms with Gasteiger partial charge in [-0.3, -0.25) is 14.9 Å². The molecule has 1 aromatic carbocycles. The van der Waals surface area contributed by atoms with Gasteiger partial charge in [0.05, 0.1) is 28.3 Å². The van der Waals surface area contributed by atoms with Crippen molar-refractivity contribution in [3.05, 3.63) is 55.0 Å². The summed E-state index contributed by atoms with van der Waals surface area (Å²) in [6, 6.07) is 11.8. The number of hydrogen-bond donors (Lipinski definition) is 3. The minimum absolute atomic E-state index is 0.0236. The maximum atomic E-state index is 12.1. The summed E-state index contributed by atoms with van der Waals surface area (Å²) in [5.41, 5.74) is 5.60. The summed E-state index contributed by atoms with van der Waals surface area (Å²) in [4.78, 5) is 28.9. The molecule has 0 saturated heterocycles. The fourth-order valence-corrected chi connectivity index (χ4v) is 3.56. The van der Waals surface area contributed by atoms with E-state index in [1.165, 1.54) is 0 Å². The summed E-state index contributed by atoms with van der Waals surface area (Å²) in [6.45, 7) is 4.03. The van der Waals surface area contributed by atoms with Gasteiger partial charge in [-0.2, -0.15) is 5.10 Å². The Hall–Kier alpha value is -4.07. The molecule has 0 saturated carbocycles. The molecule has 0 atom stereocenters. The highest BCUT2D eigenvalue weighted by Crippen LogP contribution is 2.29. The smallest absolute Gasteiger partial charge is 0.224 e. The van der Waals surface area contributed by atoms with Crippen molar-refractivity contribution in [2.24, 2.45) is 5.92 Å². The van der Waals surface area contributed by atoms with Crippen LogP contribution in [0.3, 0.4) is 0 Å². The fourth-order valence-electron chi connectivity index (χ4n) is 3.56. The number of amides is 1. The number of pyridine rings is 2. The van der Waals surface area contributed by atoms with Crippen LogP contribution in [-0.2, 0) is 4.79 Å². The summed E-state index contributed by atoms with van der Waals surface area (Å²) in [5.74, 6) is 0.948. The fraction of sp³-hybridized carbons (Fsp3) is 0.174. The summed E-state index contributed by atoms with van der Waals surface area (Å²) in [5, 5.41) is 11.2. The van der Waals surface area contributed by atoms with Crippen LogP contribution in [0.5, 0.6) is 0 Å². The number of carbonyl (C=O) groups is 1. The number of carbonyl (C=O) groups excluding carboxylic acids is 1. The number of aromatic nitrogens is 6. The Kier molecular flexibility index (Phi) is 4.66. The predicted octanol–water partition coefficient (Wildman–Crippen LogP) is 4.55. The molecule has 0 fully saturated rings. The van der Waals surface area contributed by atoms with Crippen LogP contribution in [0.15, 0.2) is 55.0 Å². The molecule has 0 unspecified atom stereocenters. The number of hydrogen-bond acceptors (Lipinski definition) is 5. The van der Waals surface area contributed by atoms with E-state index in [4.69, 9.17) is 0 Å². The third-order valence-corrected chi connectivity index (χ3v) is 4.98. The number of nitrogens with zero attached hydrogens (tertiary/aromatic N) is 4. The van der Waals surface area contributed by atoms with Crippen LogP contribution in [0.4, 0.5) is 5.69 Å². The lowest BCUT2D eigenvalue weighted by atomic mass is 10.1. The maximum Gasteiger partial charge on any atom is 0.224 e. The summed E-state index contributed by atoms with van der Waals surface area (Å²) in [6.07, 6.45) is 5.63. The van der Waals surface area contributed by atoms with Gasteiger partial charge in [0.2, 0.25) is 5.91 Å². The van der Waals surface area contributed by atoms with Gasteiger partial charge in [0.15, 0.2) is 11.5 Å². The molecule has 4 heterocycles. The van der Waals surface area contributed by atoms with Gasteiger partial charge in [0, 0.05) is 29.9 Å². The maximum absolute atomic E-state index is 12.1. The standard InChI is InChI=1S/C23H21N7O/c1-13(2)7-20(31)26-16-8-14(10-24-12-16)15-9-17-21(29-30-22(17)25-11-15)23-27-18-5-3-4-6-19(18)28-23/h3-6,8-13H,7H2,1-2H3,(H,26,31)(H,27,28)(H,25,29,30). The molecule has 8 nitrogen and oxygen atoms in total. The van der Waals surface area contributed by atoms with Gasteiger partial charge in [-0.15, -0.1) is 0 Å². The van der Waals surface area contributed by atoms with E-state index in [1.54, 1.807) is 18.6 Å². The quantitative estimate of drug-likeness (QED) is 0.393. The van der Waals surface area contributed by atoms with Crippen LogP contribution in [0.25, 0.3) is 44.7 Å². The van der Waals surface area contributed by atoms with Crippen molar-refractivity contribution in [2.75, 3.05) is 5.32 Å². The van der Waals surface area contributed by atoms with Gasteiger partial charge >= 0.3 is 0 Å². The SMILES string of the molecule is CC(C)CC(=O)Nc1cncc(-c2cnc3[nH]nc(-c4nc5ccccc5[nH]4)c3c2)c1. The molecule has 3 N–H and O–H groups in total. The topological polar surface area (TPSA) is 112 Å². The zero-order chi connectivity index (χ0) is 21.4. The van der Waals surface area contributed by atoms with Crippen molar-refractivity contribution in [2.45, 2.75) is 20.3 Å². The van der Waals surface area contributed by atoms with Crippen LogP contribution < -0.4 is 5.32 Å². The summed E-state index contributed by atoms with van der Waals surface area (Å²) in [7, 11) is 0. The molecule has 0 spiro atoms. The Labute approximate surface area is 178 Å². The second-order valence-electron chi connectivity index (χ2n) is 7.90. The first-order valence-corrected chi connectivity index (χ1v) is 10.1. The molecule has 4 aromatic heterocycles. The molecule has 1 amide bonds. The van der Waals surface area contributed by atoms with Crippen LogP contribution in [0.1, 0.15) is 20.3 Å². The molecule has 154 valence electrons. The second-order valence-corrected chi connectivity index (χ2v) is 7.90. The molecule has 31 heavy (non-hydrogen) atoms. The van der Waals surface area contributed by atoms with E-state index in [1.807, 2.05) is 50.2 Å². The van der Waals surface area contributed by atoms with E-state index < -0.39 is 0 Å². The number of nitrogens with one attached hydrogen (secondary N) is 3. The van der Waals surface area contributed by atoms with E-state index in [0.717, 1.165) is 27.5 Å². The van der Waals surface area contributed by atoms with Gasteiger partial charge in [0.1, 0.15) is 5.69 Å². The summed E-state index contributed by atoms with van der Waals surface area (Å²) < 4.78 is 0. The number of H-pyrrole nitrogens is 2. The molecule has 0 aliphatic carbocycles. The number of benzene rings is 1. The highest BCUT2D eigenvalue weighted by atomic mass is 16.1. The zero-order valence-electron chi connectivity index (χ0n) is 17.2. The molecule has 0 radical (unpaired) electrons. The van der Waals surface area contributed by atoms with Crippen molar-refractivity contribution < 1.29 is 4.79 Å². The van der Waals surface area contributed by atoms with Crippen LogP contribution in [-0.4, -0.2) is 36.0 Å². The highest BCUT2D eigenvalue weighted by molar-refractivity contribution is 5.94. The van der Waals surface area contributed by atoms with Crippen molar-refractivity contribution >= 4 is 33.7 Å². The number of imidazole rings is 1. The second kappa shape index (κ2) is 7.64. The van der Waals surface area contributed by atoms with Crippen molar-refractivity contribution in [1.29, 1.82) is 0 Å². The first-order valence-electron chi connectivity index (χ1n) is 10.1. The van der Waals surface area contributed by atoms with Crippen LogP contribution in [0.2, 0.25) is 0 Å². The van der Waals surface area contributed by atoms with E-state index in [2.05, 4.69) is 35.5 Å². The Morgan fingerprint density at radius 1 is 1.10 bits per heavy atom. The minimum Gasteiger partial charge on any atom is -0.337 e. The average Bonchev–Trinajstić information content (AvgIpc) is 3.36. The Morgan fingerprint density at radius 3 is 2.77 bits per heavy atom. The molecular formula is C23H21N7O. The van der Waals surface area contributed by atoms with E-state index in [-0.39, 0.29) is 5.91 Å². The number of para-hydroxylation sites is 2. The Balaban J connectivity index is 1.51. The van der Waals surface area contributed by atoms with Gasteiger partial charge < -0.3 is 10.3 Å². The number of aromatic amines is 2. The zero-order valence-corrected chi connectivity index (χ0v) is 17.2. The third kappa shape index (κ3) is 3.75. The number of anilines is 1. The number of rotatable bonds is 5. The Morgan fingerprint density at radius 2 is 1.94 bits per heavy atom. The predicted molar refractivity (Wildman–Crippen MR) is 120 cm³/mol. The molecular weight excluding hydrogens is 390 g/mol. The molecule has 0 aliphatic heterocycles. The molecule has 0 bridgehead atoms. The Bertz CT molecular complexity index is 1370. The number of fused-ring (bicyclic) bond motifs is 2. The lowest BCUT2D eigenvalue weighted by Crippen LogP contribution is -2.13. The summed E-state index contributed by atoms with van der Waals surface area (Å²) >= 11 is 0. The monoisotopic (exact) mass is 411 g/mol. The highest BCUT2D eigenvalue weighted by Gasteiger charge is 2.15. The average molecular weight is 411 g/mol. The molecule has 8 heteroatoms. The van der Waals surface area contributed by atoms with Crippen LogP contribution in [0, 0.1) is 5.92 Å². The molecule has 0 aliphatic rings. The molecule has 5 aromatic rings. The minimum atomic E-state index is -0.0236. The van der Waals surface area contributed by atoms with Crippen LogP contribution >= 0.6 is 0 Å². The molecule has 5 rings (SSSR count). The van der Waals surface area contributed by atoms with E-state index in [9.17, 15) is 4.79 Å². The third-order valence-electron chi connectivity index (χ3n) is 4.98. The lowest BCUT2D eigenvalue weighted by Gasteiger charge is -2.08. The van der Waals surface area contributed by atoms with E-state index in [0.29, 0.717) is 35.2 Å². The van der Waals surface area contributed by atoms with Gasteiger partial charge in [-0.05, 0) is 30.2 Å². The van der Waals surface area contributed by atoms with Gasteiger partial charge in [-0.25, -0.2) is 9.97 Å². The van der Waals surface area contributed by atoms with Gasteiger partial charge in [0.25, 0.3) is 0 Å². The first kappa shape index (κ1) is 18.9. The van der Waals surface area contributed by atoms with Crippen molar-refractivity contribution in [1.82, 2.24) is 30.1 Å². The van der Waals surface area contributed by atoms with Crippen molar-refractivity contribution in [3.63, 3.8) is 0 Å². The van der Waals surface area contributed by atoms with Gasteiger partial charge in [-0.1, -0.05) is 26.0 Å². The first-order chi connectivity index (χ1) is 15.1. The normalized spacial score (nSPS) is 11.5. The van der Waals surface area contributed by atoms with Crippen molar-refractivity contribution in [3.8, 4) is 22.6 Å². The lowest BCUT2D eigenvalue weighted by molar-refractivity contribution is -0.116.